The minimum Gasteiger partial charge on any atom is -0.457 e. The lowest BCUT2D eigenvalue weighted by Crippen LogP contribution is -2.28. The maximum atomic E-state index is 5.87. The Morgan fingerprint density at radius 3 is 2.67 bits per heavy atom. The highest BCUT2D eigenvalue weighted by Gasteiger charge is 2.20. The Labute approximate surface area is 124 Å². The van der Waals surface area contributed by atoms with Crippen LogP contribution in [-0.4, -0.2) is 36.9 Å². The van der Waals surface area contributed by atoms with E-state index < -0.39 is 0 Å². The first kappa shape index (κ1) is 15.2. The molecule has 0 saturated heterocycles. The average Bonchev–Trinajstić information content (AvgIpc) is 2.98. The molecule has 2 aromatic heterocycles. The lowest BCUT2D eigenvalue weighted by molar-refractivity contribution is 0.0922. The number of nitrogens with zero attached hydrogens (tertiary/aromatic N) is 5. The summed E-state index contributed by atoms with van der Waals surface area (Å²) < 4.78 is 7.45. The molecule has 0 saturated carbocycles. The SMILES string of the molecule is CCCNc1nc(OC(C)(C)CC)nc(-n2cccn2)n1. The van der Waals surface area contributed by atoms with Gasteiger partial charge in [0.05, 0.1) is 0 Å². The summed E-state index contributed by atoms with van der Waals surface area (Å²) in [6.45, 7) is 8.94. The summed E-state index contributed by atoms with van der Waals surface area (Å²) >= 11 is 0. The molecule has 0 atom stereocenters. The van der Waals surface area contributed by atoms with E-state index in [0.717, 1.165) is 19.4 Å². The molecule has 0 radical (unpaired) electrons. The van der Waals surface area contributed by atoms with Gasteiger partial charge in [0.25, 0.3) is 5.95 Å². The Morgan fingerprint density at radius 2 is 2.05 bits per heavy atom. The van der Waals surface area contributed by atoms with Crippen LogP contribution >= 0.6 is 0 Å². The second-order valence-corrected chi connectivity index (χ2v) is 5.33. The van der Waals surface area contributed by atoms with Gasteiger partial charge in [-0.25, -0.2) is 4.68 Å². The van der Waals surface area contributed by atoms with Crippen molar-refractivity contribution in [1.29, 1.82) is 0 Å². The largest absolute Gasteiger partial charge is 0.457 e. The van der Waals surface area contributed by atoms with Crippen molar-refractivity contribution in [3.05, 3.63) is 18.5 Å². The van der Waals surface area contributed by atoms with Gasteiger partial charge in [0, 0.05) is 18.9 Å². The normalized spacial score (nSPS) is 11.4. The number of hydrogen-bond donors (Lipinski definition) is 1. The zero-order valence-electron chi connectivity index (χ0n) is 13.0. The molecule has 0 aliphatic heterocycles. The molecule has 114 valence electrons. The fourth-order valence-corrected chi connectivity index (χ4v) is 1.52. The van der Waals surface area contributed by atoms with Gasteiger partial charge in [-0.2, -0.15) is 20.1 Å². The lowest BCUT2D eigenvalue weighted by Gasteiger charge is -2.23. The monoisotopic (exact) mass is 290 g/mol. The van der Waals surface area contributed by atoms with Gasteiger partial charge in [0.15, 0.2) is 0 Å². The van der Waals surface area contributed by atoms with E-state index in [9.17, 15) is 0 Å². The third kappa shape index (κ3) is 4.14. The van der Waals surface area contributed by atoms with E-state index in [1.807, 2.05) is 19.9 Å². The van der Waals surface area contributed by atoms with Crippen LogP contribution in [0.15, 0.2) is 18.5 Å². The summed E-state index contributed by atoms with van der Waals surface area (Å²) in [4.78, 5) is 13.0. The van der Waals surface area contributed by atoms with Crippen molar-refractivity contribution < 1.29 is 4.74 Å². The highest BCUT2D eigenvalue weighted by Crippen LogP contribution is 2.19. The number of nitrogens with one attached hydrogen (secondary N) is 1. The summed E-state index contributed by atoms with van der Waals surface area (Å²) in [5, 5.41) is 7.30. The average molecular weight is 290 g/mol. The van der Waals surface area contributed by atoms with Crippen LogP contribution in [-0.2, 0) is 0 Å². The Kier molecular flexibility index (Phi) is 4.72. The molecular weight excluding hydrogens is 268 g/mol. The first-order chi connectivity index (χ1) is 10.0. The van der Waals surface area contributed by atoms with Crippen LogP contribution in [0.5, 0.6) is 6.01 Å². The van der Waals surface area contributed by atoms with E-state index in [-0.39, 0.29) is 5.60 Å². The summed E-state index contributed by atoms with van der Waals surface area (Å²) in [7, 11) is 0. The van der Waals surface area contributed by atoms with E-state index in [1.165, 1.54) is 0 Å². The smallest absolute Gasteiger partial charge is 0.323 e. The molecule has 2 rings (SSSR count). The van der Waals surface area contributed by atoms with Crippen molar-refractivity contribution in [2.24, 2.45) is 0 Å². The summed E-state index contributed by atoms with van der Waals surface area (Å²) in [5.74, 6) is 0.940. The van der Waals surface area contributed by atoms with Gasteiger partial charge in [-0.05, 0) is 32.8 Å². The van der Waals surface area contributed by atoms with Crippen molar-refractivity contribution >= 4 is 5.95 Å². The minimum atomic E-state index is -0.329. The summed E-state index contributed by atoms with van der Waals surface area (Å²) in [5.41, 5.74) is -0.329. The standard InChI is InChI=1S/C14H22N6O/c1-5-8-15-11-17-12(20-10-7-9-16-20)19-13(18-11)21-14(3,4)6-2/h7,9-10H,5-6,8H2,1-4H3,(H,15,17,18,19). The second-order valence-electron chi connectivity index (χ2n) is 5.33. The van der Waals surface area contributed by atoms with Crippen molar-refractivity contribution in [3.8, 4) is 12.0 Å². The van der Waals surface area contributed by atoms with Gasteiger partial charge >= 0.3 is 6.01 Å². The number of rotatable bonds is 7. The fourth-order valence-electron chi connectivity index (χ4n) is 1.52. The zero-order valence-corrected chi connectivity index (χ0v) is 13.0. The molecule has 1 N–H and O–H groups in total. The third-order valence-corrected chi connectivity index (χ3v) is 3.06. The first-order valence-electron chi connectivity index (χ1n) is 7.23. The molecule has 0 spiro atoms. The van der Waals surface area contributed by atoms with Crippen LogP contribution in [0, 0.1) is 0 Å². The highest BCUT2D eigenvalue weighted by molar-refractivity contribution is 5.30. The molecular formula is C14H22N6O. The second kappa shape index (κ2) is 6.51. The van der Waals surface area contributed by atoms with E-state index >= 15 is 0 Å². The summed E-state index contributed by atoms with van der Waals surface area (Å²) in [6.07, 6.45) is 5.31. The van der Waals surface area contributed by atoms with E-state index in [4.69, 9.17) is 4.74 Å². The third-order valence-electron chi connectivity index (χ3n) is 3.06. The fraction of sp³-hybridized carbons (Fsp3) is 0.571. The van der Waals surface area contributed by atoms with Gasteiger partial charge < -0.3 is 10.1 Å². The molecule has 0 aliphatic carbocycles. The Balaban J connectivity index is 2.33. The quantitative estimate of drug-likeness (QED) is 0.844. The van der Waals surface area contributed by atoms with Crippen LogP contribution in [0.1, 0.15) is 40.5 Å². The van der Waals surface area contributed by atoms with E-state index in [0.29, 0.717) is 17.9 Å². The van der Waals surface area contributed by atoms with Crippen LogP contribution in [0.25, 0.3) is 5.95 Å². The maximum Gasteiger partial charge on any atom is 0.323 e. The van der Waals surface area contributed by atoms with Crippen LogP contribution < -0.4 is 10.1 Å². The molecule has 7 heteroatoms. The minimum absolute atomic E-state index is 0.306. The van der Waals surface area contributed by atoms with Crippen LogP contribution in [0.4, 0.5) is 5.95 Å². The van der Waals surface area contributed by atoms with Crippen molar-refractivity contribution in [1.82, 2.24) is 24.7 Å². The summed E-state index contributed by atoms with van der Waals surface area (Å²) in [6, 6.07) is 2.13. The molecule has 0 bridgehead atoms. The molecule has 0 aliphatic rings. The maximum absolute atomic E-state index is 5.87. The van der Waals surface area contributed by atoms with Crippen molar-refractivity contribution in [2.75, 3.05) is 11.9 Å². The van der Waals surface area contributed by atoms with Gasteiger partial charge in [-0.3, -0.25) is 0 Å². The molecule has 0 unspecified atom stereocenters. The van der Waals surface area contributed by atoms with Gasteiger partial charge in [0.2, 0.25) is 5.95 Å². The predicted octanol–water partition coefficient (Wildman–Crippen LogP) is 2.45. The topological polar surface area (TPSA) is 77.8 Å². The van der Waals surface area contributed by atoms with E-state index in [1.54, 1.807) is 17.1 Å². The Hall–Kier alpha value is -2.18. The number of hydrogen-bond acceptors (Lipinski definition) is 6. The Bertz CT molecular complexity index is 567. The van der Waals surface area contributed by atoms with Crippen molar-refractivity contribution in [3.63, 3.8) is 0 Å². The van der Waals surface area contributed by atoms with Crippen LogP contribution in [0.3, 0.4) is 0 Å². The highest BCUT2D eigenvalue weighted by atomic mass is 16.5. The van der Waals surface area contributed by atoms with Crippen molar-refractivity contribution in [2.45, 2.75) is 46.1 Å². The molecule has 0 fully saturated rings. The Morgan fingerprint density at radius 1 is 1.24 bits per heavy atom. The van der Waals surface area contributed by atoms with E-state index in [2.05, 4.69) is 39.2 Å². The first-order valence-corrected chi connectivity index (χ1v) is 7.23. The lowest BCUT2D eigenvalue weighted by atomic mass is 10.1. The molecule has 0 amide bonds. The molecule has 2 aromatic rings. The molecule has 7 nitrogen and oxygen atoms in total. The van der Waals surface area contributed by atoms with Gasteiger partial charge in [-0.15, -0.1) is 0 Å². The predicted molar refractivity (Wildman–Crippen MR) is 80.7 cm³/mol. The van der Waals surface area contributed by atoms with Crippen LogP contribution in [0.2, 0.25) is 0 Å². The number of aromatic nitrogens is 5. The molecule has 21 heavy (non-hydrogen) atoms. The number of ether oxygens (including phenoxy) is 1. The van der Waals surface area contributed by atoms with Gasteiger partial charge in [-0.1, -0.05) is 13.8 Å². The molecule has 0 aromatic carbocycles. The molecule has 2 heterocycles. The van der Waals surface area contributed by atoms with Gasteiger partial charge in [0.1, 0.15) is 5.60 Å². The number of anilines is 1. The zero-order chi connectivity index (χ0) is 15.3.